The monoisotopic (exact) mass is 370 g/mol. The van der Waals surface area contributed by atoms with Crippen LogP contribution >= 0.6 is 0 Å². The average molecular weight is 370 g/mol. The van der Waals surface area contributed by atoms with E-state index in [-0.39, 0.29) is 5.75 Å². The van der Waals surface area contributed by atoms with Crippen LogP contribution in [-0.4, -0.2) is 52.8 Å². The molecule has 1 unspecified atom stereocenters. The molecule has 0 saturated carbocycles. The van der Waals surface area contributed by atoms with E-state index < -0.39 is 5.82 Å². The summed E-state index contributed by atoms with van der Waals surface area (Å²) in [6, 6.07) is 9.05. The van der Waals surface area contributed by atoms with E-state index in [1.165, 1.54) is 32.6 Å². The number of fused-ring (bicyclic) bond motifs is 1. The van der Waals surface area contributed by atoms with Crippen molar-refractivity contribution in [3.8, 4) is 22.9 Å². The predicted octanol–water partition coefficient (Wildman–Crippen LogP) is 3.41. The van der Waals surface area contributed by atoms with Crippen LogP contribution in [0, 0.1) is 5.82 Å². The van der Waals surface area contributed by atoms with Crippen LogP contribution in [0.15, 0.2) is 36.5 Å². The number of aromatic nitrogens is 3. The summed E-state index contributed by atoms with van der Waals surface area (Å²) >= 11 is 0. The third-order valence-corrected chi connectivity index (χ3v) is 5.12. The van der Waals surface area contributed by atoms with Gasteiger partial charge in [-0.1, -0.05) is 0 Å². The third-order valence-electron chi connectivity index (χ3n) is 5.12. The molecule has 0 bridgehead atoms. The van der Waals surface area contributed by atoms with Crippen LogP contribution < -0.4 is 9.47 Å². The van der Waals surface area contributed by atoms with Crippen molar-refractivity contribution >= 4 is 5.65 Å². The van der Waals surface area contributed by atoms with Gasteiger partial charge in [-0.3, -0.25) is 0 Å². The highest BCUT2D eigenvalue weighted by Gasteiger charge is 2.20. The molecular formula is C20H23FN4O2. The molecule has 0 aliphatic carbocycles. The van der Waals surface area contributed by atoms with E-state index in [4.69, 9.17) is 9.47 Å². The molecule has 1 aliphatic rings. The summed E-state index contributed by atoms with van der Waals surface area (Å²) in [5.41, 5.74) is 2.00. The second-order valence-corrected chi connectivity index (χ2v) is 6.86. The van der Waals surface area contributed by atoms with Crippen LogP contribution in [-0.2, 0) is 0 Å². The summed E-state index contributed by atoms with van der Waals surface area (Å²) in [5.74, 6) is 0.359. The Balaban J connectivity index is 1.47. The Bertz CT molecular complexity index is 943. The molecule has 6 nitrogen and oxygen atoms in total. The van der Waals surface area contributed by atoms with E-state index in [1.54, 1.807) is 22.8 Å². The van der Waals surface area contributed by atoms with Gasteiger partial charge in [0.1, 0.15) is 0 Å². The minimum atomic E-state index is -0.416. The van der Waals surface area contributed by atoms with Crippen LogP contribution in [0.1, 0.15) is 19.3 Å². The number of benzene rings is 1. The Kier molecular flexibility index (Phi) is 4.94. The lowest BCUT2D eigenvalue weighted by atomic mass is 10.1. The summed E-state index contributed by atoms with van der Waals surface area (Å²) in [6.07, 6.45) is 5.26. The van der Waals surface area contributed by atoms with Crippen LogP contribution in [0.5, 0.6) is 11.6 Å². The third kappa shape index (κ3) is 3.73. The van der Waals surface area contributed by atoms with Crippen LogP contribution in [0.2, 0.25) is 0 Å². The molecule has 142 valence electrons. The topological polar surface area (TPSA) is 51.9 Å². The van der Waals surface area contributed by atoms with E-state index in [9.17, 15) is 4.39 Å². The molecule has 0 radical (unpaired) electrons. The Hall–Kier alpha value is -2.67. The van der Waals surface area contributed by atoms with Gasteiger partial charge < -0.3 is 14.4 Å². The van der Waals surface area contributed by atoms with Crippen molar-refractivity contribution in [3.05, 3.63) is 42.3 Å². The zero-order chi connectivity index (χ0) is 18.8. The van der Waals surface area contributed by atoms with E-state index in [2.05, 4.69) is 22.0 Å². The number of ether oxygens (including phenoxy) is 2. The van der Waals surface area contributed by atoms with Crippen LogP contribution in [0.3, 0.4) is 0 Å². The normalized spacial score (nSPS) is 17.5. The van der Waals surface area contributed by atoms with E-state index in [0.29, 0.717) is 35.4 Å². The first-order chi connectivity index (χ1) is 13.1. The molecule has 7 heteroatoms. The smallest absolute Gasteiger partial charge is 0.231 e. The molecule has 0 amide bonds. The number of rotatable bonds is 6. The highest BCUT2D eigenvalue weighted by Crippen LogP contribution is 2.25. The van der Waals surface area contributed by atoms with Gasteiger partial charge in [-0.2, -0.15) is 0 Å². The summed E-state index contributed by atoms with van der Waals surface area (Å²) in [7, 11) is 3.61. The van der Waals surface area contributed by atoms with E-state index in [0.717, 1.165) is 6.42 Å². The maximum absolute atomic E-state index is 14.0. The molecule has 1 aromatic carbocycles. The molecule has 27 heavy (non-hydrogen) atoms. The number of likely N-dealkylation sites (tertiary alicyclic amines) is 1. The van der Waals surface area contributed by atoms with Gasteiger partial charge >= 0.3 is 0 Å². The Labute approximate surface area is 157 Å². The first-order valence-corrected chi connectivity index (χ1v) is 9.17. The minimum Gasteiger partial charge on any atom is -0.494 e. The number of hydrogen-bond acceptors (Lipinski definition) is 5. The van der Waals surface area contributed by atoms with E-state index in [1.807, 2.05) is 12.1 Å². The summed E-state index contributed by atoms with van der Waals surface area (Å²) < 4.78 is 26.4. The fourth-order valence-corrected chi connectivity index (χ4v) is 3.55. The fourth-order valence-electron chi connectivity index (χ4n) is 3.55. The highest BCUT2D eigenvalue weighted by molar-refractivity contribution is 5.63. The minimum absolute atomic E-state index is 0.212. The summed E-state index contributed by atoms with van der Waals surface area (Å²) in [5, 5.41) is 4.46. The number of nitrogens with zero attached hydrogens (tertiary/aromatic N) is 4. The summed E-state index contributed by atoms with van der Waals surface area (Å²) in [4.78, 5) is 6.89. The van der Waals surface area contributed by atoms with Crippen molar-refractivity contribution in [2.45, 2.75) is 25.3 Å². The molecule has 1 aliphatic heterocycles. The zero-order valence-electron chi connectivity index (χ0n) is 15.6. The molecule has 2 aromatic heterocycles. The van der Waals surface area contributed by atoms with Gasteiger partial charge in [-0.25, -0.2) is 13.9 Å². The van der Waals surface area contributed by atoms with Crippen molar-refractivity contribution in [1.29, 1.82) is 0 Å². The lowest BCUT2D eigenvalue weighted by molar-refractivity contribution is 0.227. The molecule has 0 N–H and O–H groups in total. The van der Waals surface area contributed by atoms with Gasteiger partial charge in [0, 0.05) is 17.7 Å². The molecule has 1 fully saturated rings. The largest absolute Gasteiger partial charge is 0.494 e. The SMILES string of the molecule is COc1ccc(-c2cn3nc(OCCC4CCCN4C)ccc3n2)cc1F. The van der Waals surface area contributed by atoms with Crippen molar-refractivity contribution < 1.29 is 13.9 Å². The van der Waals surface area contributed by atoms with E-state index >= 15 is 0 Å². The Morgan fingerprint density at radius 2 is 2.15 bits per heavy atom. The lowest BCUT2D eigenvalue weighted by Gasteiger charge is -2.18. The Morgan fingerprint density at radius 3 is 2.89 bits per heavy atom. The highest BCUT2D eigenvalue weighted by atomic mass is 19.1. The van der Waals surface area contributed by atoms with Gasteiger partial charge in [0.15, 0.2) is 17.2 Å². The number of hydrogen-bond donors (Lipinski definition) is 0. The van der Waals surface area contributed by atoms with Crippen LogP contribution in [0.25, 0.3) is 16.9 Å². The average Bonchev–Trinajstić information content (AvgIpc) is 3.27. The van der Waals surface area contributed by atoms with Crippen molar-refractivity contribution in [3.63, 3.8) is 0 Å². The number of methoxy groups -OCH3 is 1. The standard InChI is InChI=1S/C20H23FN4O2/c1-24-10-3-4-15(24)9-11-27-20-8-7-19-22-17(13-25(19)23-20)14-5-6-18(26-2)16(21)12-14/h5-8,12-13,15H,3-4,9-11H2,1-2H3. The van der Waals surface area contributed by atoms with Crippen LogP contribution in [0.4, 0.5) is 4.39 Å². The second-order valence-electron chi connectivity index (χ2n) is 6.86. The summed E-state index contributed by atoms with van der Waals surface area (Å²) in [6.45, 7) is 1.80. The lowest BCUT2D eigenvalue weighted by Crippen LogP contribution is -2.26. The van der Waals surface area contributed by atoms with Gasteiger partial charge in [0.05, 0.1) is 25.6 Å². The maximum atomic E-state index is 14.0. The molecule has 3 heterocycles. The molecular weight excluding hydrogens is 347 g/mol. The van der Waals surface area contributed by atoms with Gasteiger partial charge in [-0.15, -0.1) is 5.10 Å². The molecule has 1 saturated heterocycles. The Morgan fingerprint density at radius 1 is 1.26 bits per heavy atom. The first kappa shape index (κ1) is 17.7. The molecule has 1 atom stereocenters. The quantitative estimate of drug-likeness (QED) is 0.666. The first-order valence-electron chi connectivity index (χ1n) is 9.17. The van der Waals surface area contributed by atoms with Crippen molar-refractivity contribution in [1.82, 2.24) is 19.5 Å². The van der Waals surface area contributed by atoms with Gasteiger partial charge in [0.2, 0.25) is 5.88 Å². The molecule has 3 aromatic rings. The molecule has 0 spiro atoms. The van der Waals surface area contributed by atoms with Crippen molar-refractivity contribution in [2.24, 2.45) is 0 Å². The maximum Gasteiger partial charge on any atom is 0.231 e. The predicted molar refractivity (Wildman–Crippen MR) is 101 cm³/mol. The molecule has 4 rings (SSSR count). The number of imidazole rings is 1. The fraction of sp³-hybridized carbons (Fsp3) is 0.400. The number of halogens is 1. The second kappa shape index (κ2) is 7.52. The van der Waals surface area contributed by atoms with Crippen molar-refractivity contribution in [2.75, 3.05) is 27.3 Å². The van der Waals surface area contributed by atoms with Gasteiger partial charge in [0.25, 0.3) is 0 Å². The van der Waals surface area contributed by atoms with Gasteiger partial charge in [-0.05, 0) is 57.1 Å². The zero-order valence-corrected chi connectivity index (χ0v) is 15.6.